The van der Waals surface area contributed by atoms with Crippen molar-refractivity contribution in [3.8, 4) is 0 Å². The summed E-state index contributed by atoms with van der Waals surface area (Å²) in [5.41, 5.74) is 4.37. The number of esters is 2. The molecule has 7 heteroatoms. The lowest BCUT2D eigenvalue weighted by Gasteiger charge is -2.24. The summed E-state index contributed by atoms with van der Waals surface area (Å²) in [5, 5.41) is 0.425. The van der Waals surface area contributed by atoms with Crippen molar-refractivity contribution in [3.63, 3.8) is 0 Å². The van der Waals surface area contributed by atoms with Crippen LogP contribution in [0, 0.1) is 0 Å². The number of hydrogen-bond acceptors (Lipinski definition) is 6. The number of hydrogen-bond donors (Lipinski definition) is 1. The fourth-order valence-corrected chi connectivity index (χ4v) is 2.29. The third-order valence-electron chi connectivity index (χ3n) is 3.63. The van der Waals surface area contributed by atoms with Gasteiger partial charge in [0.25, 0.3) is 0 Å². The van der Waals surface area contributed by atoms with Crippen LogP contribution in [0.1, 0.15) is 49.9 Å². The average molecular weight is 370 g/mol. The number of carbonyl (C=O) groups is 3. The molecule has 0 aromatic heterocycles. The SMILES string of the molecule is CCCCOC(=O)C(N)(CCC(=O)c1cccc(Cl)c1)C(=O)OCC. The van der Waals surface area contributed by atoms with E-state index in [0.29, 0.717) is 17.0 Å². The number of benzene rings is 1. The zero-order chi connectivity index (χ0) is 18.9. The predicted octanol–water partition coefficient (Wildman–Crippen LogP) is 2.91. The van der Waals surface area contributed by atoms with Crippen LogP contribution in [-0.2, 0) is 19.1 Å². The van der Waals surface area contributed by atoms with E-state index in [9.17, 15) is 14.4 Å². The minimum atomic E-state index is -2.00. The molecule has 2 N–H and O–H groups in total. The molecule has 0 aliphatic heterocycles. The molecule has 0 saturated carbocycles. The molecule has 6 nitrogen and oxygen atoms in total. The first kappa shape index (κ1) is 21.1. The van der Waals surface area contributed by atoms with E-state index in [2.05, 4.69) is 0 Å². The number of unbranched alkanes of at least 4 members (excludes halogenated alkanes) is 1. The van der Waals surface area contributed by atoms with Crippen molar-refractivity contribution < 1.29 is 23.9 Å². The van der Waals surface area contributed by atoms with Gasteiger partial charge >= 0.3 is 11.9 Å². The van der Waals surface area contributed by atoms with Gasteiger partial charge in [-0.3, -0.25) is 4.79 Å². The van der Waals surface area contributed by atoms with Crippen LogP contribution in [0.15, 0.2) is 24.3 Å². The molecule has 0 amide bonds. The van der Waals surface area contributed by atoms with E-state index in [1.165, 1.54) is 6.07 Å². The lowest BCUT2D eigenvalue weighted by Crippen LogP contribution is -2.57. The zero-order valence-corrected chi connectivity index (χ0v) is 15.3. The smallest absolute Gasteiger partial charge is 0.337 e. The molecule has 0 bridgehead atoms. The molecule has 0 radical (unpaired) electrons. The van der Waals surface area contributed by atoms with Gasteiger partial charge < -0.3 is 15.2 Å². The van der Waals surface area contributed by atoms with E-state index in [1.807, 2.05) is 6.92 Å². The summed E-state index contributed by atoms with van der Waals surface area (Å²) in [4.78, 5) is 36.7. The van der Waals surface area contributed by atoms with E-state index in [0.717, 1.165) is 6.42 Å². The van der Waals surface area contributed by atoms with Gasteiger partial charge in [0.05, 0.1) is 13.2 Å². The maximum atomic E-state index is 12.3. The fourth-order valence-electron chi connectivity index (χ4n) is 2.10. The first-order chi connectivity index (χ1) is 11.8. The quantitative estimate of drug-likeness (QED) is 0.295. The van der Waals surface area contributed by atoms with Gasteiger partial charge in [-0.25, -0.2) is 9.59 Å². The lowest BCUT2D eigenvalue weighted by atomic mass is 9.92. The number of nitrogens with two attached hydrogens (primary N) is 1. The Morgan fingerprint density at radius 2 is 1.84 bits per heavy atom. The molecule has 0 aliphatic rings. The lowest BCUT2D eigenvalue weighted by molar-refractivity contribution is -0.164. The molecule has 0 aliphatic carbocycles. The van der Waals surface area contributed by atoms with E-state index in [1.54, 1.807) is 25.1 Å². The normalized spacial score (nSPS) is 13.0. The Morgan fingerprint density at radius 1 is 1.16 bits per heavy atom. The van der Waals surface area contributed by atoms with E-state index < -0.39 is 17.5 Å². The summed E-state index contributed by atoms with van der Waals surface area (Å²) in [5.74, 6) is -2.04. The summed E-state index contributed by atoms with van der Waals surface area (Å²) in [6.07, 6.45) is 1.17. The van der Waals surface area contributed by atoms with Crippen molar-refractivity contribution in [1.29, 1.82) is 0 Å². The molecule has 138 valence electrons. The molecule has 0 saturated heterocycles. The summed E-state index contributed by atoms with van der Waals surface area (Å²) in [6, 6.07) is 6.42. The minimum absolute atomic E-state index is 0.0717. The maximum absolute atomic E-state index is 12.3. The molecule has 1 aromatic carbocycles. The average Bonchev–Trinajstić information content (AvgIpc) is 2.59. The molecule has 0 spiro atoms. The van der Waals surface area contributed by atoms with Gasteiger partial charge in [-0.1, -0.05) is 37.1 Å². The van der Waals surface area contributed by atoms with Crippen LogP contribution in [0.2, 0.25) is 5.02 Å². The highest BCUT2D eigenvalue weighted by molar-refractivity contribution is 6.31. The Kier molecular flexibility index (Phi) is 8.58. The second-order valence-electron chi connectivity index (χ2n) is 5.61. The Balaban J connectivity index is 2.84. The number of Topliss-reactive ketones (excluding diaryl/α,β-unsaturated/α-hetero) is 1. The molecular weight excluding hydrogens is 346 g/mol. The first-order valence-electron chi connectivity index (χ1n) is 8.27. The van der Waals surface area contributed by atoms with E-state index >= 15 is 0 Å². The standard InChI is InChI=1S/C18H24ClNO5/c1-3-5-11-25-17(23)18(20,16(22)24-4-2)10-9-15(21)13-7-6-8-14(19)12-13/h6-8,12H,3-5,9-11,20H2,1-2H3. The number of rotatable bonds is 10. The van der Waals surface area contributed by atoms with Crippen LogP contribution in [0.4, 0.5) is 0 Å². The van der Waals surface area contributed by atoms with Crippen LogP contribution in [-0.4, -0.2) is 36.5 Å². The van der Waals surface area contributed by atoms with Crippen molar-refractivity contribution in [2.24, 2.45) is 5.73 Å². The third-order valence-corrected chi connectivity index (χ3v) is 3.86. The second kappa shape index (κ2) is 10.2. The highest BCUT2D eigenvalue weighted by Gasteiger charge is 2.45. The Morgan fingerprint density at radius 3 is 2.44 bits per heavy atom. The van der Waals surface area contributed by atoms with Crippen LogP contribution in [0.5, 0.6) is 0 Å². The third kappa shape index (κ3) is 6.14. The molecule has 1 aromatic rings. The van der Waals surface area contributed by atoms with Gasteiger partial charge in [-0.15, -0.1) is 0 Å². The molecule has 0 fully saturated rings. The molecule has 1 unspecified atom stereocenters. The number of ketones is 1. The van der Waals surface area contributed by atoms with Gasteiger partial charge in [0.15, 0.2) is 5.78 Å². The first-order valence-corrected chi connectivity index (χ1v) is 8.65. The number of ether oxygens (including phenoxy) is 2. The van der Waals surface area contributed by atoms with Crippen LogP contribution >= 0.6 is 11.6 Å². The van der Waals surface area contributed by atoms with Crippen molar-refractivity contribution in [1.82, 2.24) is 0 Å². The summed E-state index contributed by atoms with van der Waals surface area (Å²) in [7, 11) is 0. The van der Waals surface area contributed by atoms with Gasteiger partial charge in [-0.05, 0) is 31.9 Å². The summed E-state index contributed by atoms with van der Waals surface area (Å²) >= 11 is 5.87. The molecule has 25 heavy (non-hydrogen) atoms. The summed E-state index contributed by atoms with van der Waals surface area (Å²) in [6.45, 7) is 3.79. The Labute approximate surface area is 152 Å². The van der Waals surface area contributed by atoms with Gasteiger partial charge in [-0.2, -0.15) is 0 Å². The monoisotopic (exact) mass is 369 g/mol. The van der Waals surface area contributed by atoms with E-state index in [4.69, 9.17) is 26.8 Å². The summed E-state index contributed by atoms with van der Waals surface area (Å²) < 4.78 is 9.97. The van der Waals surface area contributed by atoms with Crippen molar-refractivity contribution >= 4 is 29.3 Å². The van der Waals surface area contributed by atoms with Crippen LogP contribution < -0.4 is 5.73 Å². The van der Waals surface area contributed by atoms with Crippen molar-refractivity contribution in [2.75, 3.05) is 13.2 Å². The molecular formula is C18H24ClNO5. The van der Waals surface area contributed by atoms with Gasteiger partial charge in [0, 0.05) is 17.0 Å². The predicted molar refractivity (Wildman–Crippen MR) is 94.4 cm³/mol. The van der Waals surface area contributed by atoms with Crippen LogP contribution in [0.25, 0.3) is 0 Å². The zero-order valence-electron chi connectivity index (χ0n) is 14.5. The van der Waals surface area contributed by atoms with Gasteiger partial charge in [0.2, 0.25) is 5.54 Å². The van der Waals surface area contributed by atoms with Crippen LogP contribution in [0.3, 0.4) is 0 Å². The maximum Gasteiger partial charge on any atom is 0.337 e. The van der Waals surface area contributed by atoms with Crippen molar-refractivity contribution in [3.05, 3.63) is 34.9 Å². The Hall–Kier alpha value is -1.92. The minimum Gasteiger partial charge on any atom is -0.464 e. The topological polar surface area (TPSA) is 95.7 Å². The van der Waals surface area contributed by atoms with Gasteiger partial charge in [0.1, 0.15) is 0 Å². The molecule has 1 rings (SSSR count). The number of halogens is 1. The second-order valence-corrected chi connectivity index (χ2v) is 6.05. The number of carbonyl (C=O) groups excluding carboxylic acids is 3. The van der Waals surface area contributed by atoms with Crippen molar-refractivity contribution in [2.45, 2.75) is 45.1 Å². The molecule has 0 heterocycles. The Bertz CT molecular complexity index is 619. The highest BCUT2D eigenvalue weighted by atomic mass is 35.5. The van der Waals surface area contributed by atoms with E-state index in [-0.39, 0.29) is 31.8 Å². The highest BCUT2D eigenvalue weighted by Crippen LogP contribution is 2.19. The largest absolute Gasteiger partial charge is 0.464 e. The molecule has 1 atom stereocenters. The fraction of sp³-hybridized carbons (Fsp3) is 0.500.